The molecule has 0 radical (unpaired) electrons. The Kier molecular flexibility index (Phi) is 2.65. The van der Waals surface area contributed by atoms with Crippen molar-refractivity contribution in [2.24, 2.45) is 0 Å². The van der Waals surface area contributed by atoms with Gasteiger partial charge in [0.25, 0.3) is 0 Å². The summed E-state index contributed by atoms with van der Waals surface area (Å²) in [5, 5.41) is 8.22. The van der Waals surface area contributed by atoms with E-state index in [2.05, 4.69) is 20.7 Å². The minimum atomic E-state index is -1.43. The summed E-state index contributed by atoms with van der Waals surface area (Å²) in [6, 6.07) is 3.47. The molecule has 0 aliphatic carbocycles. The average molecular weight is 235 g/mol. The second-order valence-electron chi connectivity index (χ2n) is 1.94. The highest BCUT2D eigenvalue weighted by molar-refractivity contribution is 9.10. The minimum Gasteiger partial charge on any atom is -0.449 e. The van der Waals surface area contributed by atoms with Crippen LogP contribution in [0.1, 0.15) is 0 Å². The number of carbonyl (C=O) groups is 1. The van der Waals surface area contributed by atoms with Gasteiger partial charge in [0.15, 0.2) is 0 Å². The topological polar surface area (TPSA) is 46.5 Å². The SMILES string of the molecule is O=C(O)Oc1ccc(F)cc1Br. The van der Waals surface area contributed by atoms with E-state index in [-0.39, 0.29) is 10.2 Å². The van der Waals surface area contributed by atoms with Crippen molar-refractivity contribution in [2.45, 2.75) is 0 Å². The fraction of sp³-hybridized carbons (Fsp3) is 0. The molecule has 0 aliphatic rings. The molecular weight excluding hydrogens is 231 g/mol. The molecule has 64 valence electrons. The lowest BCUT2D eigenvalue weighted by Gasteiger charge is -2.01. The van der Waals surface area contributed by atoms with Crippen LogP contribution >= 0.6 is 15.9 Å². The molecule has 3 nitrogen and oxygen atoms in total. The minimum absolute atomic E-state index is 0.0731. The van der Waals surface area contributed by atoms with Crippen LogP contribution in [0.2, 0.25) is 0 Å². The van der Waals surface area contributed by atoms with Crippen molar-refractivity contribution in [3.05, 3.63) is 28.5 Å². The van der Waals surface area contributed by atoms with Crippen molar-refractivity contribution in [1.82, 2.24) is 0 Å². The smallest absolute Gasteiger partial charge is 0.449 e. The van der Waals surface area contributed by atoms with E-state index in [1.807, 2.05) is 0 Å². The Morgan fingerprint density at radius 1 is 1.58 bits per heavy atom. The lowest BCUT2D eigenvalue weighted by molar-refractivity contribution is 0.144. The molecule has 0 fully saturated rings. The predicted molar refractivity (Wildman–Crippen MR) is 42.8 cm³/mol. The second-order valence-corrected chi connectivity index (χ2v) is 2.80. The van der Waals surface area contributed by atoms with E-state index >= 15 is 0 Å². The van der Waals surface area contributed by atoms with Crippen LogP contribution in [0.4, 0.5) is 9.18 Å². The molecular formula is C7H4BrFO3. The van der Waals surface area contributed by atoms with Crippen molar-refractivity contribution in [1.29, 1.82) is 0 Å². The summed E-state index contributed by atoms with van der Waals surface area (Å²) in [5.41, 5.74) is 0. The molecule has 0 heterocycles. The maximum Gasteiger partial charge on any atom is 0.511 e. The summed E-state index contributed by atoms with van der Waals surface area (Å²) in [7, 11) is 0. The van der Waals surface area contributed by atoms with Gasteiger partial charge in [0.1, 0.15) is 11.6 Å². The van der Waals surface area contributed by atoms with Crippen molar-refractivity contribution in [2.75, 3.05) is 0 Å². The van der Waals surface area contributed by atoms with E-state index < -0.39 is 12.0 Å². The highest BCUT2D eigenvalue weighted by Crippen LogP contribution is 2.25. The van der Waals surface area contributed by atoms with Gasteiger partial charge in [0.05, 0.1) is 4.47 Å². The van der Waals surface area contributed by atoms with Gasteiger partial charge in [0, 0.05) is 0 Å². The molecule has 1 N–H and O–H groups in total. The molecule has 0 aliphatic heterocycles. The third-order valence-corrected chi connectivity index (χ3v) is 1.71. The summed E-state index contributed by atoms with van der Waals surface area (Å²) in [4.78, 5) is 10.1. The van der Waals surface area contributed by atoms with Crippen LogP contribution < -0.4 is 4.74 Å². The Morgan fingerprint density at radius 2 is 2.25 bits per heavy atom. The van der Waals surface area contributed by atoms with Crippen LogP contribution in [-0.2, 0) is 0 Å². The van der Waals surface area contributed by atoms with Gasteiger partial charge in [-0.05, 0) is 34.1 Å². The fourth-order valence-electron chi connectivity index (χ4n) is 0.652. The summed E-state index contributed by atoms with van der Waals surface area (Å²) in [5.74, 6) is -0.386. The van der Waals surface area contributed by atoms with E-state index in [0.717, 1.165) is 12.1 Å². The molecule has 1 aromatic carbocycles. The first-order valence-corrected chi connectivity index (χ1v) is 3.74. The van der Waals surface area contributed by atoms with E-state index in [1.54, 1.807) is 0 Å². The molecule has 0 bridgehead atoms. The maximum absolute atomic E-state index is 12.5. The lowest BCUT2D eigenvalue weighted by atomic mass is 10.3. The van der Waals surface area contributed by atoms with Crippen LogP contribution in [0, 0.1) is 5.82 Å². The van der Waals surface area contributed by atoms with Crippen LogP contribution in [0.25, 0.3) is 0 Å². The molecule has 0 saturated carbocycles. The Hall–Kier alpha value is -1.10. The van der Waals surface area contributed by atoms with Crippen molar-refractivity contribution in [3.63, 3.8) is 0 Å². The van der Waals surface area contributed by atoms with Crippen LogP contribution in [0.3, 0.4) is 0 Å². The largest absolute Gasteiger partial charge is 0.511 e. The highest BCUT2D eigenvalue weighted by atomic mass is 79.9. The standard InChI is InChI=1S/C7H4BrFO3/c8-5-3-4(9)1-2-6(5)12-7(10)11/h1-3H,(H,10,11). The molecule has 1 rings (SSSR count). The van der Waals surface area contributed by atoms with Crippen molar-refractivity contribution >= 4 is 22.1 Å². The molecule has 0 atom stereocenters. The number of carboxylic acid groups (broad SMARTS) is 1. The third-order valence-electron chi connectivity index (χ3n) is 1.09. The van der Waals surface area contributed by atoms with Gasteiger partial charge in [-0.3, -0.25) is 0 Å². The van der Waals surface area contributed by atoms with E-state index in [9.17, 15) is 9.18 Å². The predicted octanol–water partition coefficient (Wildman–Crippen LogP) is 2.65. The van der Waals surface area contributed by atoms with Gasteiger partial charge < -0.3 is 9.84 Å². The highest BCUT2D eigenvalue weighted by Gasteiger charge is 2.05. The number of benzene rings is 1. The lowest BCUT2D eigenvalue weighted by Crippen LogP contribution is -2.03. The first-order valence-electron chi connectivity index (χ1n) is 2.95. The molecule has 0 spiro atoms. The zero-order valence-electron chi connectivity index (χ0n) is 5.75. The van der Waals surface area contributed by atoms with E-state index in [1.165, 1.54) is 6.07 Å². The van der Waals surface area contributed by atoms with Gasteiger partial charge in [0.2, 0.25) is 0 Å². The Morgan fingerprint density at radius 3 is 2.75 bits per heavy atom. The summed E-state index contributed by atoms with van der Waals surface area (Å²) in [6.07, 6.45) is -1.43. The van der Waals surface area contributed by atoms with Gasteiger partial charge in [-0.2, -0.15) is 0 Å². The molecule has 5 heteroatoms. The Bertz CT molecular complexity index is 314. The number of hydrogen-bond acceptors (Lipinski definition) is 2. The molecule has 1 aromatic rings. The van der Waals surface area contributed by atoms with Gasteiger partial charge >= 0.3 is 6.16 Å². The second kappa shape index (κ2) is 3.53. The summed E-state index contributed by atoms with van der Waals surface area (Å²) < 4.78 is 17.0. The Labute approximate surface area is 75.9 Å². The summed E-state index contributed by atoms with van der Waals surface area (Å²) >= 11 is 2.95. The molecule has 0 amide bonds. The first-order chi connectivity index (χ1) is 5.59. The maximum atomic E-state index is 12.5. The molecule has 0 unspecified atom stereocenters. The number of hydrogen-bond donors (Lipinski definition) is 1. The quantitative estimate of drug-likeness (QED) is 0.601. The number of halogens is 2. The number of ether oxygens (including phenoxy) is 1. The van der Waals surface area contributed by atoms with Gasteiger partial charge in [-0.25, -0.2) is 9.18 Å². The van der Waals surface area contributed by atoms with Gasteiger partial charge in [-0.1, -0.05) is 0 Å². The van der Waals surface area contributed by atoms with E-state index in [4.69, 9.17) is 5.11 Å². The van der Waals surface area contributed by atoms with E-state index in [0.29, 0.717) is 0 Å². The van der Waals surface area contributed by atoms with Crippen molar-refractivity contribution in [3.8, 4) is 5.75 Å². The van der Waals surface area contributed by atoms with Crippen LogP contribution in [-0.4, -0.2) is 11.3 Å². The molecule has 0 aromatic heterocycles. The van der Waals surface area contributed by atoms with Gasteiger partial charge in [-0.15, -0.1) is 0 Å². The monoisotopic (exact) mass is 234 g/mol. The number of rotatable bonds is 1. The fourth-order valence-corrected chi connectivity index (χ4v) is 1.08. The zero-order valence-corrected chi connectivity index (χ0v) is 7.34. The summed E-state index contributed by atoms with van der Waals surface area (Å²) in [6.45, 7) is 0. The van der Waals surface area contributed by atoms with Crippen LogP contribution in [0.15, 0.2) is 22.7 Å². The average Bonchev–Trinajstić information content (AvgIpc) is 1.94. The van der Waals surface area contributed by atoms with Crippen molar-refractivity contribution < 1.29 is 19.0 Å². The third kappa shape index (κ3) is 2.20. The first kappa shape index (κ1) is 8.99. The zero-order chi connectivity index (χ0) is 9.14. The van der Waals surface area contributed by atoms with Crippen LogP contribution in [0.5, 0.6) is 5.75 Å². The molecule has 12 heavy (non-hydrogen) atoms. The Balaban J connectivity index is 2.93. The molecule has 0 saturated heterocycles. The normalized spacial score (nSPS) is 9.50.